The fourth-order valence-corrected chi connectivity index (χ4v) is 2.38. The second kappa shape index (κ2) is 5.09. The smallest absolute Gasteiger partial charge is 0.122 e. The fourth-order valence-electron chi connectivity index (χ4n) is 2.38. The van der Waals surface area contributed by atoms with Crippen LogP contribution in [0.15, 0.2) is 18.2 Å². The molecule has 0 atom stereocenters. The maximum Gasteiger partial charge on any atom is 0.122 e. The van der Waals surface area contributed by atoms with Crippen LogP contribution in [-0.4, -0.2) is 19.7 Å². The van der Waals surface area contributed by atoms with Crippen molar-refractivity contribution >= 4 is 0 Å². The van der Waals surface area contributed by atoms with Gasteiger partial charge in [-0.1, -0.05) is 19.1 Å². The van der Waals surface area contributed by atoms with Gasteiger partial charge in [-0.2, -0.15) is 0 Å². The van der Waals surface area contributed by atoms with Crippen molar-refractivity contribution in [2.45, 2.75) is 39.0 Å². The third-order valence-corrected chi connectivity index (χ3v) is 3.65. The van der Waals surface area contributed by atoms with Crippen LogP contribution in [0.3, 0.4) is 0 Å². The van der Waals surface area contributed by atoms with E-state index in [4.69, 9.17) is 4.74 Å². The van der Waals surface area contributed by atoms with E-state index in [1.54, 1.807) is 0 Å². The zero-order valence-electron chi connectivity index (χ0n) is 11.2. The zero-order chi connectivity index (χ0) is 12.3. The largest absolute Gasteiger partial charge is 0.494 e. The lowest BCUT2D eigenvalue weighted by molar-refractivity contribution is 0.337. The van der Waals surface area contributed by atoms with Gasteiger partial charge in [0.05, 0.1) is 6.61 Å². The number of hydrogen-bond donors (Lipinski definition) is 1. The SMILES string of the molecule is CCNCC1(c2ccc(OCC)c(C)c2)CC1. The van der Waals surface area contributed by atoms with Crippen LogP contribution in [-0.2, 0) is 5.41 Å². The van der Waals surface area contributed by atoms with Crippen molar-refractivity contribution in [2.75, 3.05) is 19.7 Å². The van der Waals surface area contributed by atoms with Gasteiger partial charge in [-0.15, -0.1) is 0 Å². The number of likely N-dealkylation sites (N-methyl/N-ethyl adjacent to an activating group) is 1. The quantitative estimate of drug-likeness (QED) is 0.815. The molecular formula is C15H23NO. The van der Waals surface area contributed by atoms with Crippen LogP contribution >= 0.6 is 0 Å². The lowest BCUT2D eigenvalue weighted by Gasteiger charge is -2.18. The van der Waals surface area contributed by atoms with Gasteiger partial charge >= 0.3 is 0 Å². The zero-order valence-corrected chi connectivity index (χ0v) is 11.2. The van der Waals surface area contributed by atoms with Crippen LogP contribution in [0.25, 0.3) is 0 Å². The molecule has 0 bridgehead atoms. The van der Waals surface area contributed by atoms with E-state index >= 15 is 0 Å². The molecule has 0 unspecified atom stereocenters. The van der Waals surface area contributed by atoms with Crippen LogP contribution in [0.2, 0.25) is 0 Å². The van der Waals surface area contributed by atoms with E-state index in [0.717, 1.165) is 25.4 Å². The summed E-state index contributed by atoms with van der Waals surface area (Å²) < 4.78 is 5.59. The summed E-state index contributed by atoms with van der Waals surface area (Å²) in [5.74, 6) is 1.02. The second-order valence-corrected chi connectivity index (χ2v) is 4.97. The molecular weight excluding hydrogens is 210 g/mol. The Balaban J connectivity index is 2.14. The molecule has 0 spiro atoms. The number of aryl methyl sites for hydroxylation is 1. The van der Waals surface area contributed by atoms with Crippen molar-refractivity contribution < 1.29 is 4.74 Å². The first-order chi connectivity index (χ1) is 8.22. The van der Waals surface area contributed by atoms with Crippen LogP contribution in [0, 0.1) is 6.92 Å². The van der Waals surface area contributed by atoms with Gasteiger partial charge < -0.3 is 10.1 Å². The Morgan fingerprint density at radius 1 is 1.29 bits per heavy atom. The molecule has 1 aliphatic carbocycles. The monoisotopic (exact) mass is 233 g/mol. The molecule has 1 aliphatic rings. The molecule has 1 aromatic rings. The van der Waals surface area contributed by atoms with Gasteiger partial charge in [-0.25, -0.2) is 0 Å². The van der Waals surface area contributed by atoms with Crippen LogP contribution < -0.4 is 10.1 Å². The van der Waals surface area contributed by atoms with Gasteiger partial charge in [0.2, 0.25) is 0 Å². The van der Waals surface area contributed by atoms with Crippen molar-refractivity contribution in [3.8, 4) is 5.75 Å². The summed E-state index contributed by atoms with van der Waals surface area (Å²) >= 11 is 0. The van der Waals surface area contributed by atoms with Crippen molar-refractivity contribution in [3.63, 3.8) is 0 Å². The third kappa shape index (κ3) is 2.63. The number of ether oxygens (including phenoxy) is 1. The normalized spacial score (nSPS) is 16.9. The van der Waals surface area contributed by atoms with Crippen LogP contribution in [0.5, 0.6) is 5.75 Å². The summed E-state index contributed by atoms with van der Waals surface area (Å²) in [6, 6.07) is 6.66. The average molecular weight is 233 g/mol. The summed E-state index contributed by atoms with van der Waals surface area (Å²) in [7, 11) is 0. The summed E-state index contributed by atoms with van der Waals surface area (Å²) in [4.78, 5) is 0. The first-order valence-electron chi connectivity index (χ1n) is 6.66. The lowest BCUT2D eigenvalue weighted by Crippen LogP contribution is -2.26. The molecule has 0 saturated heterocycles. The molecule has 0 amide bonds. The van der Waals surface area contributed by atoms with Gasteiger partial charge in [0.15, 0.2) is 0 Å². The minimum Gasteiger partial charge on any atom is -0.494 e. The van der Waals surface area contributed by atoms with Crippen LogP contribution in [0.4, 0.5) is 0 Å². The topological polar surface area (TPSA) is 21.3 Å². The summed E-state index contributed by atoms with van der Waals surface area (Å²) in [5, 5.41) is 3.48. The van der Waals surface area contributed by atoms with Gasteiger partial charge in [-0.3, -0.25) is 0 Å². The maximum absolute atomic E-state index is 5.59. The lowest BCUT2D eigenvalue weighted by atomic mass is 9.94. The summed E-state index contributed by atoms with van der Waals surface area (Å²) in [5.41, 5.74) is 3.14. The second-order valence-electron chi connectivity index (χ2n) is 4.97. The average Bonchev–Trinajstić information content (AvgIpc) is 3.10. The summed E-state index contributed by atoms with van der Waals surface area (Å²) in [6.07, 6.45) is 2.63. The molecule has 2 nitrogen and oxygen atoms in total. The molecule has 0 aliphatic heterocycles. The minimum atomic E-state index is 0.408. The van der Waals surface area contributed by atoms with Gasteiger partial charge in [0.25, 0.3) is 0 Å². The van der Waals surface area contributed by atoms with E-state index in [-0.39, 0.29) is 0 Å². The van der Waals surface area contributed by atoms with E-state index < -0.39 is 0 Å². The molecule has 0 heterocycles. The van der Waals surface area contributed by atoms with E-state index in [9.17, 15) is 0 Å². The fraction of sp³-hybridized carbons (Fsp3) is 0.600. The predicted octanol–water partition coefficient (Wildman–Crippen LogP) is 3.03. The molecule has 0 radical (unpaired) electrons. The molecule has 1 aromatic carbocycles. The van der Waals surface area contributed by atoms with Crippen LogP contribution in [0.1, 0.15) is 37.8 Å². The number of rotatable bonds is 6. The van der Waals surface area contributed by atoms with Crippen molar-refractivity contribution in [1.29, 1.82) is 0 Å². The molecule has 17 heavy (non-hydrogen) atoms. The Morgan fingerprint density at radius 2 is 2.06 bits per heavy atom. The molecule has 94 valence electrons. The number of nitrogens with one attached hydrogen (secondary N) is 1. The van der Waals surface area contributed by atoms with Gasteiger partial charge in [0.1, 0.15) is 5.75 Å². The Morgan fingerprint density at radius 3 is 2.59 bits per heavy atom. The van der Waals surface area contributed by atoms with E-state index in [2.05, 4.69) is 37.4 Å². The Hall–Kier alpha value is -1.02. The Labute approximate surface area is 104 Å². The standard InChI is InChI=1S/C15H23NO/c1-4-16-11-15(8-9-15)13-6-7-14(17-5-2)12(3)10-13/h6-7,10,16H,4-5,8-9,11H2,1-3H3. The highest BCUT2D eigenvalue weighted by Gasteiger charge is 2.43. The number of benzene rings is 1. The minimum absolute atomic E-state index is 0.408. The van der Waals surface area contributed by atoms with Gasteiger partial charge in [0, 0.05) is 12.0 Å². The highest BCUT2D eigenvalue weighted by Crippen LogP contribution is 2.48. The summed E-state index contributed by atoms with van der Waals surface area (Å²) in [6.45, 7) is 9.23. The maximum atomic E-state index is 5.59. The van der Waals surface area contributed by atoms with E-state index in [0.29, 0.717) is 5.41 Å². The predicted molar refractivity (Wildman–Crippen MR) is 71.8 cm³/mol. The van der Waals surface area contributed by atoms with Crippen molar-refractivity contribution in [1.82, 2.24) is 5.32 Å². The molecule has 1 saturated carbocycles. The van der Waals surface area contributed by atoms with Crippen molar-refractivity contribution in [3.05, 3.63) is 29.3 Å². The highest BCUT2D eigenvalue weighted by molar-refractivity contribution is 5.42. The third-order valence-electron chi connectivity index (χ3n) is 3.65. The van der Waals surface area contributed by atoms with E-state index in [1.165, 1.54) is 24.0 Å². The molecule has 2 rings (SSSR count). The highest BCUT2D eigenvalue weighted by atomic mass is 16.5. The first-order valence-corrected chi connectivity index (χ1v) is 6.66. The first kappa shape index (κ1) is 12.4. The Bertz CT molecular complexity index is 383. The van der Waals surface area contributed by atoms with E-state index in [1.807, 2.05) is 6.92 Å². The Kier molecular flexibility index (Phi) is 3.72. The van der Waals surface area contributed by atoms with Crippen molar-refractivity contribution in [2.24, 2.45) is 0 Å². The number of hydrogen-bond acceptors (Lipinski definition) is 2. The molecule has 1 N–H and O–H groups in total. The van der Waals surface area contributed by atoms with Gasteiger partial charge in [-0.05, 0) is 50.4 Å². The molecule has 2 heteroatoms. The molecule has 1 fully saturated rings. The molecule has 0 aromatic heterocycles.